The van der Waals surface area contributed by atoms with Gasteiger partial charge in [0, 0.05) is 36.6 Å². The summed E-state index contributed by atoms with van der Waals surface area (Å²) >= 11 is 0. The van der Waals surface area contributed by atoms with Crippen LogP contribution in [0.4, 0.5) is 0 Å². The van der Waals surface area contributed by atoms with Crippen molar-refractivity contribution in [2.45, 2.75) is 148 Å². The third-order valence-corrected chi connectivity index (χ3v) is 12.1. The van der Waals surface area contributed by atoms with E-state index in [-0.39, 0.29) is 88.3 Å². The molecule has 0 saturated carbocycles. The largest absolute Gasteiger partial charge is 0.480 e. The summed E-state index contributed by atoms with van der Waals surface area (Å²) in [6, 6.07) is -0.807. The number of carboxylic acid groups (broad SMARTS) is 1. The second-order valence-electron chi connectivity index (χ2n) is 19.0. The van der Waals surface area contributed by atoms with E-state index >= 15 is 0 Å². The summed E-state index contributed by atoms with van der Waals surface area (Å²) in [6.45, 7) is 10.8. The molecule has 0 unspecified atom stereocenters. The fourth-order valence-electron chi connectivity index (χ4n) is 7.65. The molecule has 0 aliphatic rings. The van der Waals surface area contributed by atoms with E-state index in [1.807, 2.05) is 45.0 Å². The number of hydrogen-bond donors (Lipinski definition) is 17. The number of amides is 7. The molecule has 0 aliphatic carbocycles. The monoisotopic (exact) mass is 1030 g/mol. The molecule has 1 aromatic carbocycles. The van der Waals surface area contributed by atoms with Crippen LogP contribution in [0.2, 0.25) is 0 Å². The van der Waals surface area contributed by atoms with Gasteiger partial charge in [0.25, 0.3) is 0 Å². The molecule has 408 valence electrons. The van der Waals surface area contributed by atoms with Crippen LogP contribution in [-0.2, 0) is 44.8 Å². The molecule has 0 bridgehead atoms. The van der Waals surface area contributed by atoms with Crippen LogP contribution in [0.25, 0.3) is 10.9 Å². The molecule has 25 heteroatoms. The summed E-state index contributed by atoms with van der Waals surface area (Å²) in [4.78, 5) is 112. The minimum Gasteiger partial charge on any atom is -0.480 e. The molecular weight excluding hydrogens is 945 g/mol. The lowest BCUT2D eigenvalue weighted by atomic mass is 9.96. The van der Waals surface area contributed by atoms with Crippen LogP contribution in [0.5, 0.6) is 0 Å². The molecule has 0 fully saturated rings. The van der Waals surface area contributed by atoms with E-state index in [1.54, 1.807) is 27.0 Å². The second kappa shape index (κ2) is 32.1. The number of rotatable bonds is 34. The number of carbonyl (C=O) groups excluding carboxylic acids is 7. The summed E-state index contributed by atoms with van der Waals surface area (Å²) in [5.41, 5.74) is 24.2. The third-order valence-electron chi connectivity index (χ3n) is 12.1. The van der Waals surface area contributed by atoms with Gasteiger partial charge in [-0.25, -0.2) is 4.79 Å². The normalized spacial score (nSPS) is 14.5. The van der Waals surface area contributed by atoms with Crippen LogP contribution >= 0.6 is 0 Å². The summed E-state index contributed by atoms with van der Waals surface area (Å²) in [6.07, 6.45) is 3.73. The van der Waals surface area contributed by atoms with Gasteiger partial charge in [0.15, 0.2) is 11.9 Å². The van der Waals surface area contributed by atoms with Crippen molar-refractivity contribution >= 4 is 70.1 Å². The zero-order valence-electron chi connectivity index (χ0n) is 43.1. The number of aromatic nitrogens is 1. The van der Waals surface area contributed by atoms with Gasteiger partial charge in [-0.1, -0.05) is 66.2 Å². The Balaban J connectivity index is 2.30. The van der Waals surface area contributed by atoms with E-state index in [1.165, 1.54) is 0 Å². The van der Waals surface area contributed by atoms with Gasteiger partial charge >= 0.3 is 5.97 Å². The van der Waals surface area contributed by atoms with Crippen LogP contribution in [0, 0.1) is 28.6 Å². The zero-order valence-corrected chi connectivity index (χ0v) is 43.1. The number of para-hydroxylation sites is 1. The number of unbranched alkanes of at least 4 members (excludes halogenated alkanes) is 1. The van der Waals surface area contributed by atoms with Crippen LogP contribution in [0.3, 0.4) is 0 Å². The van der Waals surface area contributed by atoms with Crippen LogP contribution in [0.15, 0.2) is 30.5 Å². The zero-order chi connectivity index (χ0) is 54.8. The van der Waals surface area contributed by atoms with E-state index in [0.717, 1.165) is 16.5 Å². The average molecular weight is 1030 g/mol. The fraction of sp³-hybridized carbons (Fsp3) is 0.625. The molecule has 2 rings (SSSR count). The molecule has 1 heterocycles. The van der Waals surface area contributed by atoms with Crippen LogP contribution in [-0.4, -0.2) is 138 Å². The Bertz CT molecular complexity index is 2170. The predicted octanol–water partition coefficient (Wildman–Crippen LogP) is -1.45. The fourth-order valence-corrected chi connectivity index (χ4v) is 7.65. The highest BCUT2D eigenvalue weighted by atomic mass is 16.4. The Morgan fingerprint density at radius 2 is 1.16 bits per heavy atom. The molecule has 1 aromatic heterocycles. The number of carbonyl (C=O) groups is 8. The van der Waals surface area contributed by atoms with E-state index in [9.17, 15) is 43.5 Å². The first-order valence-electron chi connectivity index (χ1n) is 25.0. The van der Waals surface area contributed by atoms with E-state index in [0.29, 0.717) is 19.3 Å². The van der Waals surface area contributed by atoms with Crippen molar-refractivity contribution in [3.63, 3.8) is 0 Å². The van der Waals surface area contributed by atoms with Crippen molar-refractivity contribution in [3.8, 4) is 0 Å². The number of aromatic amines is 1. The molecule has 73 heavy (non-hydrogen) atoms. The predicted molar refractivity (Wildman–Crippen MR) is 277 cm³/mol. The van der Waals surface area contributed by atoms with Gasteiger partial charge in [0.2, 0.25) is 41.4 Å². The van der Waals surface area contributed by atoms with Gasteiger partial charge < -0.3 is 80.9 Å². The molecule has 25 nitrogen and oxygen atoms in total. The van der Waals surface area contributed by atoms with Crippen molar-refractivity contribution in [1.82, 2.24) is 52.8 Å². The number of nitrogens with two attached hydrogens (primary N) is 4. The van der Waals surface area contributed by atoms with Crippen molar-refractivity contribution in [2.75, 3.05) is 26.2 Å². The van der Waals surface area contributed by atoms with E-state index in [2.05, 4.69) is 52.8 Å². The number of hydrogen-bond acceptors (Lipinski definition) is 12. The molecule has 0 radical (unpaired) electrons. The number of benzene rings is 1. The van der Waals surface area contributed by atoms with Gasteiger partial charge in [0.05, 0.1) is 12.6 Å². The number of aliphatic carboxylic acids is 1. The highest BCUT2D eigenvalue weighted by Crippen LogP contribution is 2.20. The lowest BCUT2D eigenvalue weighted by Crippen LogP contribution is -2.59. The SMILES string of the molecule is CC[C@H](C)[C@H](NC(=O)[C@H](Cc1c[nH]c2ccccc12)NC(=O)[C@@H](N)C(C)C)C(=O)NCC(=O)N[C@@H](CC(C)C)C(=O)N[C@@H](CCCNC(=N)N)C(=O)N[C@@H](CCCCN)C(=O)N[C@@H](CCCNC(=N)N)C(=O)O. The summed E-state index contributed by atoms with van der Waals surface area (Å²) in [5.74, 6) is -7.74. The van der Waals surface area contributed by atoms with Gasteiger partial charge in [-0.15, -0.1) is 0 Å². The van der Waals surface area contributed by atoms with E-state index in [4.69, 9.17) is 33.8 Å². The number of guanidine groups is 2. The highest BCUT2D eigenvalue weighted by Gasteiger charge is 2.34. The number of carboxylic acids is 1. The molecule has 8 atom stereocenters. The standard InChI is InChI=1S/C48H82N16O9/c1-7-28(6)39(64-43(69)36(63-44(70)38(50)27(4)5)23-29-24-57-31-15-9-8-14-30(29)31)45(71)58-25-37(65)59-35(22-26(2)3)42(68)61-33(17-12-20-55-47(51)52)40(66)60-32(16-10-11-19-49)41(67)62-34(46(72)73)18-13-21-56-48(53)54/h8-9,14-15,24,26-28,32-36,38-39,57H,7,10-13,16-23,25,49-50H2,1-6H3,(H,58,71)(H,59,65)(H,60,66)(H,61,68)(H,62,67)(H,63,70)(H,64,69)(H,72,73)(H4,51,52,55)(H4,53,54,56)/t28-,32-,33-,34-,35-,36-,38-,39-/m0/s1. The molecule has 0 saturated heterocycles. The maximum Gasteiger partial charge on any atom is 0.326 e. The minimum absolute atomic E-state index is 0.0165. The number of H-pyrrole nitrogens is 1. The quantitative estimate of drug-likeness (QED) is 0.0217. The molecule has 0 aliphatic heterocycles. The van der Waals surface area contributed by atoms with E-state index < -0.39 is 102 Å². The van der Waals surface area contributed by atoms with Crippen molar-refractivity contribution in [1.29, 1.82) is 10.8 Å². The first-order chi connectivity index (χ1) is 34.5. The van der Waals surface area contributed by atoms with Crippen molar-refractivity contribution in [2.24, 2.45) is 40.7 Å². The Labute approximate surface area is 427 Å². The highest BCUT2D eigenvalue weighted by molar-refractivity contribution is 5.97. The number of nitrogens with one attached hydrogen (secondary N) is 12. The summed E-state index contributed by atoms with van der Waals surface area (Å²) < 4.78 is 0. The van der Waals surface area contributed by atoms with Crippen LogP contribution in [0.1, 0.15) is 105 Å². The lowest BCUT2D eigenvalue weighted by molar-refractivity contribution is -0.142. The molecule has 2 aromatic rings. The second-order valence-corrected chi connectivity index (χ2v) is 19.0. The summed E-state index contributed by atoms with van der Waals surface area (Å²) in [7, 11) is 0. The molecular formula is C48H82N16O9. The van der Waals surface area contributed by atoms with Gasteiger partial charge in [0.1, 0.15) is 36.3 Å². The topological polar surface area (TPSA) is 433 Å². The molecule has 0 spiro atoms. The van der Waals surface area contributed by atoms with Gasteiger partial charge in [-0.05, 0) is 87.3 Å². The average Bonchev–Trinajstić information content (AvgIpc) is 3.74. The Hall–Kier alpha value is -7.02. The van der Waals surface area contributed by atoms with Crippen LogP contribution < -0.4 is 70.8 Å². The molecule has 7 amide bonds. The van der Waals surface area contributed by atoms with Crippen molar-refractivity contribution in [3.05, 3.63) is 36.0 Å². The maximum atomic E-state index is 14.1. The van der Waals surface area contributed by atoms with Crippen molar-refractivity contribution < 1.29 is 43.5 Å². The first-order valence-corrected chi connectivity index (χ1v) is 25.0. The Morgan fingerprint density at radius 1 is 0.644 bits per heavy atom. The maximum absolute atomic E-state index is 14.1. The lowest BCUT2D eigenvalue weighted by Gasteiger charge is -2.28. The smallest absolute Gasteiger partial charge is 0.326 e. The van der Waals surface area contributed by atoms with Gasteiger partial charge in [-0.2, -0.15) is 0 Å². The van der Waals surface area contributed by atoms with Gasteiger partial charge in [-0.3, -0.25) is 44.4 Å². The Morgan fingerprint density at radius 3 is 1.70 bits per heavy atom. The first kappa shape index (κ1) is 62.1. The molecule has 21 N–H and O–H groups in total. The minimum atomic E-state index is -1.34. The summed E-state index contributed by atoms with van der Waals surface area (Å²) in [5, 5.41) is 49.3. The number of fused-ring (bicyclic) bond motifs is 1. The Kier molecular flexibility index (Phi) is 27.3. The third kappa shape index (κ3) is 22.5.